The van der Waals surface area contributed by atoms with Crippen LogP contribution in [0.2, 0.25) is 0 Å². The fourth-order valence-electron chi connectivity index (χ4n) is 2.73. The highest BCUT2D eigenvalue weighted by Crippen LogP contribution is 2.28. The molecule has 11 heteroatoms. The number of nitro groups is 2. The van der Waals surface area contributed by atoms with Crippen molar-refractivity contribution >= 4 is 34.9 Å². The van der Waals surface area contributed by atoms with Crippen LogP contribution in [-0.4, -0.2) is 45.9 Å². The largest absolute Gasteiger partial charge is 0.394 e. The summed E-state index contributed by atoms with van der Waals surface area (Å²) in [4.78, 5) is 37.5. The maximum atomic E-state index is 12.9. The number of aliphatic hydroxyl groups excluding tert-OH is 1. The molecular weight excluding hydrogens is 382 g/mol. The van der Waals surface area contributed by atoms with Gasteiger partial charge in [0, 0.05) is 30.5 Å². The SMILES string of the molecule is O=C1C(C=NCCO)C(c2ccc([N+](=O)[O-])cc2)=NN1c1ccc([N+](=O)[O-])cc1. The maximum Gasteiger partial charge on any atom is 0.269 e. The van der Waals surface area contributed by atoms with Crippen molar-refractivity contribution in [3.8, 4) is 0 Å². The number of amides is 1. The van der Waals surface area contributed by atoms with E-state index in [2.05, 4.69) is 10.1 Å². The molecule has 0 saturated heterocycles. The summed E-state index contributed by atoms with van der Waals surface area (Å²) in [6, 6.07) is 10.9. The van der Waals surface area contributed by atoms with Gasteiger partial charge in [0.05, 0.1) is 34.4 Å². The summed E-state index contributed by atoms with van der Waals surface area (Å²) in [5.74, 6) is -1.30. The Labute approximate surface area is 163 Å². The monoisotopic (exact) mass is 397 g/mol. The number of hydrazone groups is 1. The van der Waals surface area contributed by atoms with Gasteiger partial charge in [-0.25, -0.2) is 0 Å². The van der Waals surface area contributed by atoms with Crippen LogP contribution >= 0.6 is 0 Å². The number of nitro benzene ring substituents is 2. The van der Waals surface area contributed by atoms with E-state index >= 15 is 0 Å². The van der Waals surface area contributed by atoms with E-state index in [9.17, 15) is 25.0 Å². The highest BCUT2D eigenvalue weighted by molar-refractivity contribution is 6.29. The van der Waals surface area contributed by atoms with Gasteiger partial charge in [-0.15, -0.1) is 0 Å². The molecule has 0 aliphatic carbocycles. The Morgan fingerprint density at radius 2 is 1.59 bits per heavy atom. The van der Waals surface area contributed by atoms with Gasteiger partial charge in [0.15, 0.2) is 0 Å². The molecule has 0 spiro atoms. The van der Waals surface area contributed by atoms with Crippen molar-refractivity contribution in [2.75, 3.05) is 18.2 Å². The van der Waals surface area contributed by atoms with Crippen LogP contribution in [0.15, 0.2) is 58.6 Å². The second-order valence-corrected chi connectivity index (χ2v) is 5.97. The third kappa shape index (κ3) is 4.14. The number of carbonyl (C=O) groups excluding carboxylic acids is 1. The lowest BCUT2D eigenvalue weighted by atomic mass is 9.97. The van der Waals surface area contributed by atoms with Crippen molar-refractivity contribution in [1.29, 1.82) is 0 Å². The topological polar surface area (TPSA) is 152 Å². The average Bonchev–Trinajstić information content (AvgIpc) is 3.05. The minimum absolute atomic E-state index is 0.101. The minimum Gasteiger partial charge on any atom is -0.394 e. The Hall–Kier alpha value is -3.99. The van der Waals surface area contributed by atoms with Gasteiger partial charge in [-0.1, -0.05) is 0 Å². The molecule has 1 unspecified atom stereocenters. The summed E-state index contributed by atoms with van der Waals surface area (Å²) in [6.07, 6.45) is 1.37. The summed E-state index contributed by atoms with van der Waals surface area (Å²) >= 11 is 0. The smallest absolute Gasteiger partial charge is 0.269 e. The number of carbonyl (C=O) groups is 1. The van der Waals surface area contributed by atoms with Gasteiger partial charge in [-0.2, -0.15) is 10.1 Å². The molecule has 0 bridgehead atoms. The van der Waals surface area contributed by atoms with Gasteiger partial charge in [-0.3, -0.25) is 30.0 Å². The van der Waals surface area contributed by atoms with E-state index in [4.69, 9.17) is 5.11 Å². The van der Waals surface area contributed by atoms with Crippen LogP contribution in [0.25, 0.3) is 0 Å². The number of hydrogen-bond donors (Lipinski definition) is 1. The van der Waals surface area contributed by atoms with Crippen molar-refractivity contribution in [3.63, 3.8) is 0 Å². The van der Waals surface area contributed by atoms with Crippen LogP contribution < -0.4 is 5.01 Å². The number of aliphatic hydroxyl groups is 1. The summed E-state index contributed by atoms with van der Waals surface area (Å²) in [7, 11) is 0. The summed E-state index contributed by atoms with van der Waals surface area (Å²) in [6.45, 7) is -0.0810. The lowest BCUT2D eigenvalue weighted by molar-refractivity contribution is -0.385. The van der Waals surface area contributed by atoms with Crippen LogP contribution in [0.5, 0.6) is 0 Å². The molecule has 29 heavy (non-hydrogen) atoms. The number of nitrogens with zero attached hydrogens (tertiary/aromatic N) is 5. The van der Waals surface area contributed by atoms with Gasteiger partial charge < -0.3 is 5.11 Å². The quantitative estimate of drug-likeness (QED) is 0.428. The Morgan fingerprint density at radius 3 is 2.10 bits per heavy atom. The molecule has 0 aromatic heterocycles. The molecule has 1 aliphatic rings. The number of hydrogen-bond acceptors (Lipinski definition) is 8. The fraction of sp³-hybridized carbons (Fsp3) is 0.167. The Kier molecular flexibility index (Phi) is 5.69. The molecule has 2 aromatic rings. The predicted octanol–water partition coefficient (Wildman–Crippen LogP) is 1.93. The molecule has 0 radical (unpaired) electrons. The molecule has 1 amide bonds. The van der Waals surface area contributed by atoms with Crippen LogP contribution in [0.3, 0.4) is 0 Å². The van der Waals surface area contributed by atoms with Crippen LogP contribution in [0, 0.1) is 26.1 Å². The van der Waals surface area contributed by atoms with Crippen molar-refractivity contribution in [1.82, 2.24) is 0 Å². The first kappa shape index (κ1) is 19.8. The number of non-ortho nitro benzene ring substituents is 2. The van der Waals surface area contributed by atoms with Crippen LogP contribution in [0.4, 0.5) is 17.1 Å². The van der Waals surface area contributed by atoms with Gasteiger partial charge >= 0.3 is 0 Å². The van der Waals surface area contributed by atoms with E-state index in [0.717, 1.165) is 5.01 Å². The molecule has 148 valence electrons. The standard InChI is InChI=1S/C18H15N5O6/c24-10-9-19-11-16-17(12-1-3-14(4-2-12)22(26)27)20-21(18(16)25)13-5-7-15(8-6-13)23(28)29/h1-8,11,16,24H,9-10H2. The van der Waals surface area contributed by atoms with Crippen molar-refractivity contribution in [2.45, 2.75) is 0 Å². The normalized spacial score (nSPS) is 16.3. The highest BCUT2D eigenvalue weighted by atomic mass is 16.6. The third-order valence-electron chi connectivity index (χ3n) is 4.14. The predicted molar refractivity (Wildman–Crippen MR) is 104 cm³/mol. The van der Waals surface area contributed by atoms with Crippen molar-refractivity contribution in [3.05, 3.63) is 74.3 Å². The van der Waals surface area contributed by atoms with Gasteiger partial charge in [0.1, 0.15) is 5.92 Å². The lowest BCUT2D eigenvalue weighted by Crippen LogP contribution is -2.28. The Balaban J connectivity index is 1.98. The summed E-state index contributed by atoms with van der Waals surface area (Å²) < 4.78 is 0. The zero-order valence-corrected chi connectivity index (χ0v) is 14.9. The van der Waals surface area contributed by atoms with E-state index in [1.165, 1.54) is 54.7 Å². The second-order valence-electron chi connectivity index (χ2n) is 5.97. The highest BCUT2D eigenvalue weighted by Gasteiger charge is 2.36. The van der Waals surface area contributed by atoms with Gasteiger partial charge in [-0.05, 0) is 29.8 Å². The van der Waals surface area contributed by atoms with E-state index < -0.39 is 21.7 Å². The summed E-state index contributed by atoms with van der Waals surface area (Å²) in [5.41, 5.74) is 0.925. The number of benzene rings is 2. The molecule has 1 N–H and O–H groups in total. The molecule has 1 aliphatic heterocycles. The van der Waals surface area contributed by atoms with Crippen LogP contribution in [-0.2, 0) is 4.79 Å². The maximum absolute atomic E-state index is 12.9. The molecule has 11 nitrogen and oxygen atoms in total. The molecular formula is C18H15N5O6. The van der Waals surface area contributed by atoms with Crippen molar-refractivity contribution in [2.24, 2.45) is 16.0 Å². The van der Waals surface area contributed by atoms with Crippen LogP contribution in [0.1, 0.15) is 5.56 Å². The first-order chi connectivity index (χ1) is 13.9. The Bertz CT molecular complexity index is 1000. The first-order valence-electron chi connectivity index (χ1n) is 8.45. The summed E-state index contributed by atoms with van der Waals surface area (Å²) in [5, 5.41) is 36.0. The number of rotatable bonds is 7. The number of anilines is 1. The third-order valence-corrected chi connectivity index (χ3v) is 4.14. The zero-order chi connectivity index (χ0) is 21.0. The molecule has 2 aromatic carbocycles. The molecule has 3 rings (SSSR count). The van der Waals surface area contributed by atoms with E-state index in [1.54, 1.807) is 0 Å². The lowest BCUT2D eigenvalue weighted by Gasteiger charge is -2.12. The van der Waals surface area contributed by atoms with Gasteiger partial charge in [0.25, 0.3) is 17.3 Å². The first-order valence-corrected chi connectivity index (χ1v) is 8.45. The Morgan fingerprint density at radius 1 is 1.03 bits per heavy atom. The molecule has 0 fully saturated rings. The van der Waals surface area contributed by atoms with E-state index in [1.807, 2.05) is 0 Å². The zero-order valence-electron chi connectivity index (χ0n) is 14.9. The molecule has 1 heterocycles. The average molecular weight is 397 g/mol. The minimum atomic E-state index is -0.863. The molecule has 0 saturated carbocycles. The molecule has 1 atom stereocenters. The fourth-order valence-corrected chi connectivity index (χ4v) is 2.73. The number of aliphatic imine (C=N–C) groups is 1. The second kappa shape index (κ2) is 8.35. The van der Waals surface area contributed by atoms with E-state index in [0.29, 0.717) is 17.0 Å². The van der Waals surface area contributed by atoms with E-state index in [-0.39, 0.29) is 24.5 Å². The van der Waals surface area contributed by atoms with Gasteiger partial charge in [0.2, 0.25) is 0 Å². The van der Waals surface area contributed by atoms with Crippen molar-refractivity contribution < 1.29 is 19.7 Å².